The SMILES string of the molecule is CCC(C)N(CC(=O)O)C(=O)CNC(=O)c1ccc(Br)o1. The summed E-state index contributed by atoms with van der Waals surface area (Å²) in [6.07, 6.45) is 0.623. The highest BCUT2D eigenvalue weighted by atomic mass is 79.9. The van der Waals surface area contributed by atoms with Gasteiger partial charge < -0.3 is 19.7 Å². The topological polar surface area (TPSA) is 99.9 Å². The molecule has 1 aromatic heterocycles. The monoisotopic (exact) mass is 360 g/mol. The predicted molar refractivity (Wildman–Crippen MR) is 77.8 cm³/mol. The molecule has 0 aliphatic heterocycles. The van der Waals surface area contributed by atoms with E-state index in [0.29, 0.717) is 11.1 Å². The third-order valence-corrected chi connectivity index (χ3v) is 3.37. The van der Waals surface area contributed by atoms with Crippen LogP contribution in [0.15, 0.2) is 21.2 Å². The number of furan rings is 1. The number of carbonyl (C=O) groups excluding carboxylic acids is 2. The lowest BCUT2D eigenvalue weighted by molar-refractivity contribution is -0.145. The Balaban J connectivity index is 2.60. The van der Waals surface area contributed by atoms with Crippen LogP contribution in [0, 0.1) is 0 Å². The van der Waals surface area contributed by atoms with E-state index in [9.17, 15) is 14.4 Å². The van der Waals surface area contributed by atoms with E-state index in [-0.39, 0.29) is 18.3 Å². The second-order valence-electron chi connectivity index (χ2n) is 4.46. The predicted octanol–water partition coefficient (Wildman–Crippen LogP) is 1.48. The molecule has 0 aromatic carbocycles. The molecule has 1 aromatic rings. The summed E-state index contributed by atoms with van der Waals surface area (Å²) in [5, 5.41) is 11.2. The third kappa shape index (κ3) is 5.22. The number of aliphatic carboxylic acids is 1. The Bertz CT molecular complexity index is 528. The third-order valence-electron chi connectivity index (χ3n) is 2.95. The molecule has 1 unspecified atom stereocenters. The Morgan fingerprint density at radius 2 is 2.10 bits per heavy atom. The van der Waals surface area contributed by atoms with Gasteiger partial charge in [-0.3, -0.25) is 14.4 Å². The van der Waals surface area contributed by atoms with Gasteiger partial charge in [0.2, 0.25) is 5.91 Å². The summed E-state index contributed by atoms with van der Waals surface area (Å²) < 4.78 is 5.47. The first-order chi connectivity index (χ1) is 9.85. The molecule has 0 bridgehead atoms. The molecule has 21 heavy (non-hydrogen) atoms. The largest absolute Gasteiger partial charge is 0.480 e. The molecule has 1 rings (SSSR count). The van der Waals surface area contributed by atoms with Crippen LogP contribution in [0.2, 0.25) is 0 Å². The van der Waals surface area contributed by atoms with E-state index in [2.05, 4.69) is 21.2 Å². The molecule has 0 fully saturated rings. The highest BCUT2D eigenvalue weighted by Crippen LogP contribution is 2.13. The first kappa shape index (κ1) is 17.2. The van der Waals surface area contributed by atoms with Crippen molar-refractivity contribution in [2.75, 3.05) is 13.1 Å². The van der Waals surface area contributed by atoms with Gasteiger partial charge in [-0.15, -0.1) is 0 Å². The van der Waals surface area contributed by atoms with E-state index in [1.165, 1.54) is 11.0 Å². The zero-order chi connectivity index (χ0) is 16.0. The number of nitrogens with one attached hydrogen (secondary N) is 1. The van der Waals surface area contributed by atoms with Gasteiger partial charge in [-0.25, -0.2) is 0 Å². The lowest BCUT2D eigenvalue weighted by Gasteiger charge is -2.26. The standard InChI is InChI=1S/C13H17BrN2O5/c1-3-8(2)16(7-12(18)19)11(17)6-15-13(20)9-4-5-10(14)21-9/h4-5,8H,3,6-7H2,1-2H3,(H,15,20)(H,18,19). The van der Waals surface area contributed by atoms with Gasteiger partial charge >= 0.3 is 5.97 Å². The summed E-state index contributed by atoms with van der Waals surface area (Å²) in [6, 6.07) is 2.81. The maximum atomic E-state index is 12.0. The molecule has 1 atom stereocenters. The van der Waals surface area contributed by atoms with Crippen molar-refractivity contribution in [2.24, 2.45) is 0 Å². The lowest BCUT2D eigenvalue weighted by Crippen LogP contribution is -2.46. The summed E-state index contributed by atoms with van der Waals surface area (Å²) in [7, 11) is 0. The Hall–Kier alpha value is -1.83. The maximum absolute atomic E-state index is 12.0. The number of halogens is 1. The van der Waals surface area contributed by atoms with Crippen LogP contribution in [0.5, 0.6) is 0 Å². The minimum absolute atomic E-state index is 0.0722. The summed E-state index contributed by atoms with van der Waals surface area (Å²) in [4.78, 5) is 35.8. The quantitative estimate of drug-likeness (QED) is 0.766. The number of carboxylic acid groups (broad SMARTS) is 1. The summed E-state index contributed by atoms with van der Waals surface area (Å²) in [6.45, 7) is 2.93. The molecule has 0 aliphatic carbocycles. The van der Waals surface area contributed by atoms with Gasteiger partial charge in [-0.1, -0.05) is 6.92 Å². The molecule has 1 heterocycles. The van der Waals surface area contributed by atoms with Gasteiger partial charge in [0.15, 0.2) is 10.4 Å². The first-order valence-corrected chi connectivity index (χ1v) is 7.19. The molecular weight excluding hydrogens is 344 g/mol. The van der Waals surface area contributed by atoms with Gasteiger partial charge in [0.25, 0.3) is 5.91 Å². The van der Waals surface area contributed by atoms with Gasteiger partial charge in [-0.05, 0) is 41.4 Å². The summed E-state index contributed by atoms with van der Waals surface area (Å²) in [5.74, 6) is -2.01. The van der Waals surface area contributed by atoms with Gasteiger partial charge in [0.1, 0.15) is 6.54 Å². The highest BCUT2D eigenvalue weighted by Gasteiger charge is 2.22. The van der Waals surface area contributed by atoms with Gasteiger partial charge in [-0.2, -0.15) is 0 Å². The molecule has 2 N–H and O–H groups in total. The summed E-state index contributed by atoms with van der Waals surface area (Å²) in [5.41, 5.74) is 0. The van der Waals surface area contributed by atoms with E-state index in [0.717, 1.165) is 0 Å². The highest BCUT2D eigenvalue weighted by molar-refractivity contribution is 9.10. The van der Waals surface area contributed by atoms with E-state index in [1.807, 2.05) is 6.92 Å². The van der Waals surface area contributed by atoms with Crippen LogP contribution < -0.4 is 5.32 Å². The van der Waals surface area contributed by atoms with E-state index < -0.39 is 24.3 Å². The number of hydrogen-bond acceptors (Lipinski definition) is 4. The van der Waals surface area contributed by atoms with Crippen LogP contribution in [0.3, 0.4) is 0 Å². The fourth-order valence-electron chi connectivity index (χ4n) is 1.64. The molecule has 0 spiro atoms. The minimum Gasteiger partial charge on any atom is -0.480 e. The number of carboxylic acids is 1. The smallest absolute Gasteiger partial charge is 0.323 e. The number of carbonyl (C=O) groups is 3. The Morgan fingerprint density at radius 1 is 1.43 bits per heavy atom. The van der Waals surface area contributed by atoms with Gasteiger partial charge in [0.05, 0.1) is 6.54 Å². The van der Waals surface area contributed by atoms with Crippen molar-refractivity contribution in [3.63, 3.8) is 0 Å². The fraction of sp³-hybridized carbons (Fsp3) is 0.462. The molecule has 0 radical (unpaired) electrons. The lowest BCUT2D eigenvalue weighted by atomic mass is 10.2. The second kappa shape index (κ2) is 7.82. The zero-order valence-corrected chi connectivity index (χ0v) is 13.3. The van der Waals surface area contributed by atoms with Crippen LogP contribution in [-0.4, -0.2) is 46.9 Å². The summed E-state index contributed by atoms with van der Waals surface area (Å²) >= 11 is 3.07. The molecule has 8 heteroatoms. The van der Waals surface area contributed by atoms with Gasteiger partial charge in [0, 0.05) is 6.04 Å². The van der Waals surface area contributed by atoms with Crippen molar-refractivity contribution in [3.8, 4) is 0 Å². The molecule has 0 saturated carbocycles. The van der Waals surface area contributed by atoms with E-state index in [4.69, 9.17) is 9.52 Å². The number of hydrogen-bond donors (Lipinski definition) is 2. The van der Waals surface area contributed by atoms with Crippen molar-refractivity contribution >= 4 is 33.7 Å². The average Bonchev–Trinajstić information content (AvgIpc) is 2.87. The number of rotatable bonds is 7. The van der Waals surface area contributed by atoms with Crippen LogP contribution in [-0.2, 0) is 9.59 Å². The van der Waals surface area contributed by atoms with Crippen molar-refractivity contribution in [3.05, 3.63) is 22.6 Å². The van der Waals surface area contributed by atoms with Crippen LogP contribution in [0.4, 0.5) is 0 Å². The Kier molecular flexibility index (Phi) is 6.41. The first-order valence-electron chi connectivity index (χ1n) is 6.40. The molecule has 2 amide bonds. The normalized spacial score (nSPS) is 11.8. The van der Waals surface area contributed by atoms with E-state index in [1.54, 1.807) is 13.0 Å². The molecule has 116 valence electrons. The number of amides is 2. The van der Waals surface area contributed by atoms with Crippen molar-refractivity contribution in [2.45, 2.75) is 26.3 Å². The average molecular weight is 361 g/mol. The molecular formula is C13H17BrN2O5. The van der Waals surface area contributed by atoms with Crippen molar-refractivity contribution in [1.29, 1.82) is 0 Å². The fourth-order valence-corrected chi connectivity index (χ4v) is 1.94. The Labute approximate surface area is 130 Å². The minimum atomic E-state index is -1.09. The molecule has 7 nitrogen and oxygen atoms in total. The molecule has 0 saturated heterocycles. The zero-order valence-electron chi connectivity index (χ0n) is 11.8. The van der Waals surface area contributed by atoms with E-state index >= 15 is 0 Å². The molecule has 0 aliphatic rings. The van der Waals surface area contributed by atoms with Crippen LogP contribution in [0.1, 0.15) is 30.8 Å². The van der Waals surface area contributed by atoms with Crippen LogP contribution in [0.25, 0.3) is 0 Å². The second-order valence-corrected chi connectivity index (χ2v) is 5.24. The van der Waals surface area contributed by atoms with Crippen molar-refractivity contribution in [1.82, 2.24) is 10.2 Å². The maximum Gasteiger partial charge on any atom is 0.323 e. The Morgan fingerprint density at radius 3 is 2.57 bits per heavy atom. The van der Waals surface area contributed by atoms with Crippen LogP contribution >= 0.6 is 15.9 Å². The number of nitrogens with zero attached hydrogens (tertiary/aromatic N) is 1. The van der Waals surface area contributed by atoms with Crippen molar-refractivity contribution < 1.29 is 23.9 Å².